The molecule has 1 fully saturated rings. The summed E-state index contributed by atoms with van der Waals surface area (Å²) in [5.74, 6) is -0.458. The van der Waals surface area contributed by atoms with Crippen molar-refractivity contribution in [3.8, 4) is 0 Å². The third-order valence-electron chi connectivity index (χ3n) is 7.79. The number of alkyl carbamates (subject to hydrolysis) is 1. The van der Waals surface area contributed by atoms with E-state index in [1.54, 1.807) is 25.7 Å². The number of benzene rings is 2. The fourth-order valence-corrected chi connectivity index (χ4v) is 5.03. The number of ether oxygens (including phenoxy) is 1. The molecule has 0 saturated heterocycles. The second kappa shape index (κ2) is 12.9. The van der Waals surface area contributed by atoms with Gasteiger partial charge in [-0.15, -0.1) is 0 Å². The summed E-state index contributed by atoms with van der Waals surface area (Å²) >= 11 is 0. The maximum atomic E-state index is 14.5. The largest absolute Gasteiger partial charge is 0.444 e. The maximum Gasteiger partial charge on any atom is 0.408 e. The van der Waals surface area contributed by atoms with Gasteiger partial charge in [0, 0.05) is 11.7 Å². The van der Waals surface area contributed by atoms with E-state index in [0.717, 1.165) is 40.8 Å². The van der Waals surface area contributed by atoms with Crippen molar-refractivity contribution in [2.45, 2.75) is 105 Å². The molecule has 2 aromatic rings. The Morgan fingerprint density at radius 3 is 2.08 bits per heavy atom. The summed E-state index contributed by atoms with van der Waals surface area (Å²) in [6.07, 6.45) is 1.70. The highest BCUT2D eigenvalue weighted by atomic mass is 16.6. The molecule has 0 spiro atoms. The monoisotopic (exact) mass is 549 g/mol. The Hall–Kier alpha value is -3.35. The van der Waals surface area contributed by atoms with Crippen LogP contribution in [0.2, 0.25) is 0 Å². The average molecular weight is 550 g/mol. The quantitative estimate of drug-likeness (QED) is 0.344. The number of para-hydroxylation sites is 1. The van der Waals surface area contributed by atoms with Crippen LogP contribution in [0.15, 0.2) is 42.5 Å². The molecule has 0 aliphatic heterocycles. The van der Waals surface area contributed by atoms with Gasteiger partial charge in [0.05, 0.1) is 0 Å². The van der Waals surface area contributed by atoms with Gasteiger partial charge >= 0.3 is 6.09 Å². The van der Waals surface area contributed by atoms with E-state index >= 15 is 0 Å². The molecule has 5 atom stereocenters. The van der Waals surface area contributed by atoms with Crippen LogP contribution in [0.4, 0.5) is 10.5 Å². The second-order valence-corrected chi connectivity index (χ2v) is 12.3. The minimum atomic E-state index is -0.862. The number of rotatable bonds is 10. The van der Waals surface area contributed by atoms with E-state index in [-0.39, 0.29) is 29.7 Å². The Bertz CT molecular complexity index is 1180. The van der Waals surface area contributed by atoms with Crippen molar-refractivity contribution in [2.75, 3.05) is 5.32 Å². The van der Waals surface area contributed by atoms with Gasteiger partial charge in [-0.2, -0.15) is 0 Å². The van der Waals surface area contributed by atoms with Gasteiger partial charge in [-0.25, -0.2) is 4.79 Å². The van der Waals surface area contributed by atoms with E-state index in [2.05, 4.69) is 24.5 Å². The maximum absolute atomic E-state index is 14.5. The van der Waals surface area contributed by atoms with E-state index < -0.39 is 23.8 Å². The standard InChI is InChI=1S/C33H47N3O4/c1-10-20(3)28(35-32(39)40-33(7,8)9)31(38)36(26-19-23(26)6)29(25-17-15-24(11-2)16-18-25)30(37)34-27-21(4)13-12-14-22(27)5/h12-18,20,23,26,28-29H,10-11,19H2,1-9H3,(H,34,37)(H,35,39). The van der Waals surface area contributed by atoms with Crippen LogP contribution >= 0.6 is 0 Å². The summed E-state index contributed by atoms with van der Waals surface area (Å²) in [6.45, 7) is 17.4. The number of hydrogen-bond acceptors (Lipinski definition) is 4. The number of nitrogens with zero attached hydrogens (tertiary/aromatic N) is 1. The molecule has 0 heterocycles. The topological polar surface area (TPSA) is 87.7 Å². The van der Waals surface area contributed by atoms with Gasteiger partial charge < -0.3 is 20.3 Å². The highest BCUT2D eigenvalue weighted by Crippen LogP contribution is 2.41. The van der Waals surface area contributed by atoms with Gasteiger partial charge in [0.25, 0.3) is 5.91 Å². The highest BCUT2D eigenvalue weighted by molar-refractivity contribution is 6.00. The molecular formula is C33H47N3O4. The lowest BCUT2D eigenvalue weighted by atomic mass is 9.95. The lowest BCUT2D eigenvalue weighted by molar-refractivity contribution is -0.142. The minimum absolute atomic E-state index is 0.112. The third-order valence-corrected chi connectivity index (χ3v) is 7.79. The van der Waals surface area contributed by atoms with E-state index in [1.165, 1.54) is 0 Å². The van der Waals surface area contributed by atoms with Gasteiger partial charge in [0.15, 0.2) is 0 Å². The summed E-state index contributed by atoms with van der Waals surface area (Å²) in [5, 5.41) is 6.00. The molecule has 1 aliphatic carbocycles. The zero-order valence-electron chi connectivity index (χ0n) is 25.6. The van der Waals surface area contributed by atoms with Crippen LogP contribution in [0.25, 0.3) is 0 Å². The molecule has 0 aromatic heterocycles. The number of nitrogens with one attached hydrogen (secondary N) is 2. The summed E-state index contributed by atoms with van der Waals surface area (Å²) in [4.78, 5) is 43.3. The molecule has 0 bridgehead atoms. The Kier molecular flexibility index (Phi) is 10.0. The second-order valence-electron chi connectivity index (χ2n) is 12.3. The van der Waals surface area contributed by atoms with Crippen molar-refractivity contribution in [3.05, 3.63) is 64.7 Å². The number of carbonyl (C=O) groups excluding carboxylic acids is 3. The Labute approximate surface area is 240 Å². The van der Waals surface area contributed by atoms with Gasteiger partial charge in [-0.1, -0.05) is 76.6 Å². The molecule has 2 N–H and O–H groups in total. The summed E-state index contributed by atoms with van der Waals surface area (Å²) in [7, 11) is 0. The first-order valence-electron chi connectivity index (χ1n) is 14.5. The van der Waals surface area contributed by atoms with Crippen LogP contribution in [0.1, 0.15) is 89.6 Å². The van der Waals surface area contributed by atoms with Gasteiger partial charge in [-0.3, -0.25) is 9.59 Å². The molecule has 1 aliphatic rings. The first-order valence-corrected chi connectivity index (χ1v) is 14.5. The predicted octanol–water partition coefficient (Wildman–Crippen LogP) is 6.72. The Morgan fingerprint density at radius 2 is 1.60 bits per heavy atom. The molecule has 1 saturated carbocycles. The summed E-state index contributed by atoms with van der Waals surface area (Å²) < 4.78 is 5.51. The minimum Gasteiger partial charge on any atom is -0.444 e. The number of anilines is 1. The van der Waals surface area contributed by atoms with Crippen molar-refractivity contribution in [1.29, 1.82) is 0 Å². The van der Waals surface area contributed by atoms with Gasteiger partial charge in [-0.05, 0) is 81.5 Å². The van der Waals surface area contributed by atoms with E-state index in [4.69, 9.17) is 4.74 Å². The molecule has 218 valence electrons. The summed E-state index contributed by atoms with van der Waals surface area (Å²) in [5.41, 5.74) is 3.86. The predicted molar refractivity (Wildman–Crippen MR) is 160 cm³/mol. The zero-order chi connectivity index (χ0) is 29.8. The number of aryl methyl sites for hydroxylation is 3. The molecule has 3 amide bonds. The lowest BCUT2D eigenvalue weighted by Gasteiger charge is -2.36. The molecule has 7 nitrogen and oxygen atoms in total. The van der Waals surface area contributed by atoms with Crippen LogP contribution < -0.4 is 10.6 Å². The number of carbonyl (C=O) groups is 3. The van der Waals surface area contributed by atoms with Crippen molar-refractivity contribution in [2.24, 2.45) is 11.8 Å². The normalized spacial score (nSPS) is 18.7. The van der Waals surface area contributed by atoms with Crippen molar-refractivity contribution >= 4 is 23.6 Å². The molecule has 0 radical (unpaired) electrons. The van der Waals surface area contributed by atoms with Crippen molar-refractivity contribution in [3.63, 3.8) is 0 Å². The van der Waals surface area contributed by atoms with Crippen LogP contribution in [0, 0.1) is 25.7 Å². The molecule has 3 rings (SSSR count). The van der Waals surface area contributed by atoms with E-state index in [9.17, 15) is 14.4 Å². The van der Waals surface area contributed by atoms with Gasteiger partial charge in [0.1, 0.15) is 17.7 Å². The van der Waals surface area contributed by atoms with Crippen LogP contribution in [0.5, 0.6) is 0 Å². The van der Waals surface area contributed by atoms with E-state index in [0.29, 0.717) is 6.42 Å². The van der Waals surface area contributed by atoms with Gasteiger partial charge in [0.2, 0.25) is 5.91 Å². The molecule has 7 heteroatoms. The summed E-state index contributed by atoms with van der Waals surface area (Å²) in [6, 6.07) is 12.0. The van der Waals surface area contributed by atoms with Crippen LogP contribution in [0.3, 0.4) is 0 Å². The van der Waals surface area contributed by atoms with Crippen LogP contribution in [-0.4, -0.2) is 40.5 Å². The van der Waals surface area contributed by atoms with Crippen LogP contribution in [-0.2, 0) is 20.7 Å². The molecule has 2 aromatic carbocycles. The van der Waals surface area contributed by atoms with Crippen molar-refractivity contribution < 1.29 is 19.1 Å². The number of hydrogen-bond donors (Lipinski definition) is 2. The van der Waals surface area contributed by atoms with Crippen molar-refractivity contribution in [1.82, 2.24) is 10.2 Å². The Morgan fingerprint density at radius 1 is 1.02 bits per heavy atom. The molecule has 40 heavy (non-hydrogen) atoms. The number of amides is 3. The first-order chi connectivity index (χ1) is 18.8. The molecule has 5 unspecified atom stereocenters. The van der Waals surface area contributed by atoms with E-state index in [1.807, 2.05) is 70.2 Å². The fourth-order valence-electron chi connectivity index (χ4n) is 5.03. The third kappa shape index (κ3) is 7.64. The average Bonchev–Trinajstić information content (AvgIpc) is 3.61. The zero-order valence-corrected chi connectivity index (χ0v) is 25.6. The Balaban J connectivity index is 2.07. The highest BCUT2D eigenvalue weighted by Gasteiger charge is 2.49. The first kappa shape index (κ1) is 31.2. The smallest absolute Gasteiger partial charge is 0.408 e. The SMILES string of the molecule is CCc1ccc(C(C(=O)Nc2c(C)cccc2C)N(C(=O)C(NC(=O)OC(C)(C)C)C(C)CC)C2CC2C)cc1. The molecular weight excluding hydrogens is 502 g/mol. The lowest BCUT2D eigenvalue weighted by Crippen LogP contribution is -2.55. The fraction of sp³-hybridized carbons (Fsp3) is 0.545.